The smallest absolute Gasteiger partial charge is 0.167 e. The van der Waals surface area contributed by atoms with Crippen molar-refractivity contribution in [1.29, 1.82) is 0 Å². The Hall–Kier alpha value is -2.07. The summed E-state index contributed by atoms with van der Waals surface area (Å²) in [5.41, 5.74) is 2.80. The van der Waals surface area contributed by atoms with E-state index in [1.54, 1.807) is 6.07 Å². The van der Waals surface area contributed by atoms with Crippen LogP contribution in [0.4, 0.5) is 0 Å². The molecule has 1 aliphatic rings. The van der Waals surface area contributed by atoms with Gasteiger partial charge >= 0.3 is 0 Å². The maximum absolute atomic E-state index is 10.3. The zero-order chi connectivity index (χ0) is 15.7. The molecular formula is C18H20N2OS. The Bertz CT molecular complexity index is 701. The SMILES string of the molecule is Cc1ccc(O)c(C2(C)CC(c3ccccc3)NC(=S)N2)c1. The van der Waals surface area contributed by atoms with Crippen LogP contribution in [0.2, 0.25) is 0 Å². The molecule has 1 saturated heterocycles. The second-order valence-corrected chi connectivity index (χ2v) is 6.53. The summed E-state index contributed by atoms with van der Waals surface area (Å²) < 4.78 is 0. The first-order chi connectivity index (χ1) is 10.5. The molecule has 22 heavy (non-hydrogen) atoms. The van der Waals surface area contributed by atoms with Crippen molar-refractivity contribution in [3.8, 4) is 5.75 Å². The highest BCUT2D eigenvalue weighted by atomic mass is 32.1. The van der Waals surface area contributed by atoms with E-state index in [-0.39, 0.29) is 6.04 Å². The van der Waals surface area contributed by atoms with E-state index in [2.05, 4.69) is 29.7 Å². The molecule has 2 aromatic rings. The Morgan fingerprint density at radius 1 is 1.18 bits per heavy atom. The molecule has 4 heteroatoms. The zero-order valence-corrected chi connectivity index (χ0v) is 13.6. The lowest BCUT2D eigenvalue weighted by Crippen LogP contribution is -2.55. The lowest BCUT2D eigenvalue weighted by Gasteiger charge is -2.42. The second-order valence-electron chi connectivity index (χ2n) is 6.12. The van der Waals surface area contributed by atoms with Crippen molar-refractivity contribution >= 4 is 17.3 Å². The monoisotopic (exact) mass is 312 g/mol. The Kier molecular flexibility index (Phi) is 3.79. The summed E-state index contributed by atoms with van der Waals surface area (Å²) >= 11 is 5.40. The van der Waals surface area contributed by atoms with E-state index in [9.17, 15) is 5.11 Å². The highest BCUT2D eigenvalue weighted by Crippen LogP contribution is 2.38. The van der Waals surface area contributed by atoms with Crippen LogP contribution < -0.4 is 10.6 Å². The van der Waals surface area contributed by atoms with Crippen molar-refractivity contribution in [2.75, 3.05) is 0 Å². The fourth-order valence-corrected chi connectivity index (χ4v) is 3.48. The van der Waals surface area contributed by atoms with Gasteiger partial charge in [-0.15, -0.1) is 0 Å². The van der Waals surface area contributed by atoms with E-state index in [0.29, 0.717) is 10.9 Å². The average molecular weight is 312 g/mol. The van der Waals surface area contributed by atoms with Gasteiger partial charge in [-0.05, 0) is 44.1 Å². The van der Waals surface area contributed by atoms with Crippen molar-refractivity contribution in [3.05, 3.63) is 65.2 Å². The molecule has 0 amide bonds. The molecule has 3 N–H and O–H groups in total. The minimum absolute atomic E-state index is 0.125. The highest BCUT2D eigenvalue weighted by molar-refractivity contribution is 7.80. The molecule has 114 valence electrons. The van der Waals surface area contributed by atoms with E-state index in [1.807, 2.05) is 37.3 Å². The van der Waals surface area contributed by atoms with Crippen LogP contribution in [0.1, 0.15) is 36.1 Å². The predicted molar refractivity (Wildman–Crippen MR) is 92.9 cm³/mol. The largest absolute Gasteiger partial charge is 0.508 e. The van der Waals surface area contributed by atoms with Gasteiger partial charge in [-0.3, -0.25) is 0 Å². The molecule has 1 heterocycles. The number of aromatic hydroxyl groups is 1. The minimum atomic E-state index is -0.404. The number of nitrogens with one attached hydrogen (secondary N) is 2. The van der Waals surface area contributed by atoms with Gasteiger partial charge in [-0.25, -0.2) is 0 Å². The van der Waals surface area contributed by atoms with E-state index < -0.39 is 5.54 Å². The van der Waals surface area contributed by atoms with Gasteiger partial charge in [0.15, 0.2) is 5.11 Å². The fraction of sp³-hybridized carbons (Fsp3) is 0.278. The number of rotatable bonds is 2. The summed E-state index contributed by atoms with van der Waals surface area (Å²) in [5.74, 6) is 0.303. The minimum Gasteiger partial charge on any atom is -0.508 e. The number of aryl methyl sites for hydroxylation is 1. The number of hydrogen-bond acceptors (Lipinski definition) is 2. The van der Waals surface area contributed by atoms with Crippen LogP contribution in [0.25, 0.3) is 0 Å². The van der Waals surface area contributed by atoms with E-state index >= 15 is 0 Å². The van der Waals surface area contributed by atoms with Crippen LogP contribution >= 0.6 is 12.2 Å². The summed E-state index contributed by atoms with van der Waals surface area (Å²) in [6, 6.07) is 16.1. The summed E-state index contributed by atoms with van der Waals surface area (Å²) in [5, 5.41) is 17.6. The third-order valence-electron chi connectivity index (χ3n) is 4.26. The van der Waals surface area contributed by atoms with Crippen molar-refractivity contribution in [1.82, 2.24) is 10.6 Å². The van der Waals surface area contributed by atoms with Crippen molar-refractivity contribution in [2.45, 2.75) is 31.8 Å². The lowest BCUT2D eigenvalue weighted by atomic mass is 9.81. The molecule has 3 rings (SSSR count). The third-order valence-corrected chi connectivity index (χ3v) is 4.48. The fourth-order valence-electron chi connectivity index (χ4n) is 3.11. The van der Waals surface area contributed by atoms with Gasteiger partial charge in [0.1, 0.15) is 5.75 Å². The third kappa shape index (κ3) is 2.79. The topological polar surface area (TPSA) is 44.3 Å². The van der Waals surface area contributed by atoms with E-state index in [0.717, 1.165) is 17.5 Å². The normalized spacial score (nSPS) is 24.5. The van der Waals surface area contributed by atoms with Gasteiger partial charge in [-0.1, -0.05) is 48.0 Å². The summed E-state index contributed by atoms with van der Waals surface area (Å²) in [6.45, 7) is 4.12. The molecule has 0 aliphatic carbocycles. The number of thiocarbonyl (C=S) groups is 1. The molecule has 0 aromatic heterocycles. The van der Waals surface area contributed by atoms with Crippen LogP contribution in [0.5, 0.6) is 5.75 Å². The molecule has 1 aliphatic heterocycles. The molecule has 1 fully saturated rings. The molecule has 0 saturated carbocycles. The molecule has 0 radical (unpaired) electrons. The van der Waals surface area contributed by atoms with Gasteiger partial charge in [-0.2, -0.15) is 0 Å². The van der Waals surface area contributed by atoms with E-state index in [4.69, 9.17) is 12.2 Å². The second kappa shape index (κ2) is 5.61. The Morgan fingerprint density at radius 2 is 1.91 bits per heavy atom. The van der Waals surface area contributed by atoms with Gasteiger partial charge in [0.05, 0.1) is 11.6 Å². The Morgan fingerprint density at radius 3 is 2.64 bits per heavy atom. The highest BCUT2D eigenvalue weighted by Gasteiger charge is 2.37. The molecule has 2 atom stereocenters. The maximum atomic E-state index is 10.3. The predicted octanol–water partition coefficient (Wildman–Crippen LogP) is 3.52. The van der Waals surface area contributed by atoms with Crippen molar-refractivity contribution in [2.24, 2.45) is 0 Å². The first kappa shape index (κ1) is 14.9. The quantitative estimate of drug-likeness (QED) is 0.742. The van der Waals surface area contributed by atoms with Crippen LogP contribution in [0.3, 0.4) is 0 Å². The van der Waals surface area contributed by atoms with Gasteiger partial charge in [0.25, 0.3) is 0 Å². The summed E-state index contributed by atoms with van der Waals surface area (Å²) in [7, 11) is 0. The molecule has 3 nitrogen and oxygen atoms in total. The van der Waals surface area contributed by atoms with Crippen molar-refractivity contribution in [3.63, 3.8) is 0 Å². The Balaban J connectivity index is 1.99. The number of benzene rings is 2. The molecule has 2 aromatic carbocycles. The van der Waals surface area contributed by atoms with Crippen LogP contribution in [-0.2, 0) is 5.54 Å². The average Bonchev–Trinajstić information content (AvgIpc) is 2.49. The van der Waals surface area contributed by atoms with Crippen molar-refractivity contribution < 1.29 is 5.11 Å². The van der Waals surface area contributed by atoms with Gasteiger partial charge in [0, 0.05) is 5.56 Å². The van der Waals surface area contributed by atoms with E-state index in [1.165, 1.54) is 5.56 Å². The summed E-state index contributed by atoms with van der Waals surface area (Å²) in [4.78, 5) is 0. The number of phenolic OH excluding ortho intramolecular Hbond substituents is 1. The molecular weight excluding hydrogens is 292 g/mol. The Labute approximate surface area is 136 Å². The zero-order valence-electron chi connectivity index (χ0n) is 12.8. The van der Waals surface area contributed by atoms with Crippen LogP contribution in [-0.4, -0.2) is 10.2 Å². The van der Waals surface area contributed by atoms with Gasteiger partial charge in [0.2, 0.25) is 0 Å². The maximum Gasteiger partial charge on any atom is 0.167 e. The molecule has 0 bridgehead atoms. The first-order valence-corrected chi connectivity index (χ1v) is 7.82. The molecule has 2 unspecified atom stereocenters. The lowest BCUT2D eigenvalue weighted by molar-refractivity contribution is 0.307. The van der Waals surface area contributed by atoms with Crippen LogP contribution in [0, 0.1) is 6.92 Å². The van der Waals surface area contributed by atoms with Crippen LogP contribution in [0.15, 0.2) is 48.5 Å². The number of hydrogen-bond donors (Lipinski definition) is 3. The number of phenols is 1. The van der Waals surface area contributed by atoms with Gasteiger partial charge < -0.3 is 15.7 Å². The summed E-state index contributed by atoms with van der Waals surface area (Å²) in [6.07, 6.45) is 0.800. The first-order valence-electron chi connectivity index (χ1n) is 7.42. The standard InChI is InChI=1S/C18H20N2OS/c1-12-8-9-16(21)14(10-12)18(2)11-15(19-17(22)20-18)13-6-4-3-5-7-13/h3-10,15,21H,11H2,1-2H3,(H2,19,20,22). The molecule has 0 spiro atoms.